The molecule has 4 aromatic rings. The maximum absolute atomic E-state index is 6.05. The summed E-state index contributed by atoms with van der Waals surface area (Å²) in [4.78, 5) is 4.94. The highest BCUT2D eigenvalue weighted by Crippen LogP contribution is 2.41. The molecule has 1 aromatic heterocycles. The molecule has 0 spiro atoms. The van der Waals surface area contributed by atoms with Crippen LogP contribution in [0.25, 0.3) is 28.5 Å². The molecule has 0 aliphatic heterocycles. The summed E-state index contributed by atoms with van der Waals surface area (Å²) in [5, 5.41) is 0. The molecule has 0 aliphatic carbocycles. The number of para-hydroxylation sites is 2. The van der Waals surface area contributed by atoms with Crippen LogP contribution in [0, 0.1) is 0 Å². The molecule has 0 amide bonds. The Bertz CT molecular complexity index is 1350. The number of methoxy groups -OCH3 is 4. The highest BCUT2D eigenvalue weighted by molar-refractivity contribution is 5.81. The molecule has 0 unspecified atom stereocenters. The summed E-state index contributed by atoms with van der Waals surface area (Å²) in [7, 11) is 6.50. The van der Waals surface area contributed by atoms with Gasteiger partial charge in [-0.15, -0.1) is 0 Å². The topological polar surface area (TPSA) is 64.0 Å². The lowest BCUT2D eigenvalue weighted by molar-refractivity contribution is 0.284. The van der Waals surface area contributed by atoms with Gasteiger partial charge in [-0.2, -0.15) is 0 Å². The second-order valence-electron chi connectivity index (χ2n) is 8.46. The molecule has 0 atom stereocenters. The molecule has 0 saturated carbocycles. The predicted molar refractivity (Wildman–Crippen MR) is 147 cm³/mol. The van der Waals surface area contributed by atoms with E-state index >= 15 is 0 Å². The molecule has 7 heteroatoms. The predicted octanol–water partition coefficient (Wildman–Crippen LogP) is 6.63. The van der Waals surface area contributed by atoms with E-state index in [4.69, 9.17) is 28.7 Å². The highest BCUT2D eigenvalue weighted by atomic mass is 16.5. The Morgan fingerprint density at radius 2 is 1.51 bits per heavy atom. The van der Waals surface area contributed by atoms with Gasteiger partial charge in [-0.05, 0) is 61.7 Å². The van der Waals surface area contributed by atoms with Crippen molar-refractivity contribution in [3.05, 3.63) is 66.2 Å². The largest absolute Gasteiger partial charge is 0.493 e. The van der Waals surface area contributed by atoms with E-state index in [9.17, 15) is 0 Å². The molecule has 37 heavy (non-hydrogen) atoms. The first-order valence-corrected chi connectivity index (χ1v) is 12.3. The number of hydrogen-bond donors (Lipinski definition) is 0. The summed E-state index contributed by atoms with van der Waals surface area (Å²) < 4.78 is 30.5. The molecule has 0 N–H and O–H groups in total. The zero-order valence-corrected chi connectivity index (χ0v) is 22.1. The molecule has 0 radical (unpaired) electrons. The summed E-state index contributed by atoms with van der Waals surface area (Å²) in [6.07, 6.45) is 5.83. The molecule has 0 bridgehead atoms. The van der Waals surface area contributed by atoms with Crippen LogP contribution < -0.4 is 23.7 Å². The number of nitrogens with zero attached hydrogens (tertiary/aromatic N) is 2. The maximum Gasteiger partial charge on any atom is 0.203 e. The van der Waals surface area contributed by atoms with E-state index < -0.39 is 0 Å². The molecule has 3 aromatic carbocycles. The second kappa shape index (κ2) is 12.2. The highest BCUT2D eigenvalue weighted by Gasteiger charge is 2.18. The fourth-order valence-corrected chi connectivity index (χ4v) is 4.39. The Morgan fingerprint density at radius 3 is 2.19 bits per heavy atom. The number of aryl methyl sites for hydroxylation is 1. The number of aromatic nitrogens is 2. The second-order valence-corrected chi connectivity index (χ2v) is 8.46. The Hall–Kier alpha value is -4.13. The van der Waals surface area contributed by atoms with Crippen LogP contribution >= 0.6 is 0 Å². The minimum Gasteiger partial charge on any atom is -0.493 e. The quantitative estimate of drug-likeness (QED) is 0.203. The van der Waals surface area contributed by atoms with Crippen LogP contribution in [0.1, 0.15) is 25.3 Å². The van der Waals surface area contributed by atoms with Crippen LogP contribution in [0.4, 0.5) is 0 Å². The number of benzene rings is 3. The van der Waals surface area contributed by atoms with Crippen LogP contribution in [0.2, 0.25) is 0 Å². The Kier molecular flexibility index (Phi) is 8.56. The zero-order chi connectivity index (χ0) is 26.2. The van der Waals surface area contributed by atoms with Gasteiger partial charge in [0.15, 0.2) is 23.0 Å². The van der Waals surface area contributed by atoms with Crippen molar-refractivity contribution in [3.63, 3.8) is 0 Å². The lowest BCUT2D eigenvalue weighted by Gasteiger charge is -2.15. The average molecular weight is 503 g/mol. The molecule has 0 fully saturated rings. The molecule has 7 nitrogen and oxygen atoms in total. The third kappa shape index (κ3) is 5.66. The van der Waals surface area contributed by atoms with E-state index in [-0.39, 0.29) is 0 Å². The van der Waals surface area contributed by atoms with Gasteiger partial charge in [0.05, 0.1) is 46.1 Å². The van der Waals surface area contributed by atoms with Crippen LogP contribution in [0.5, 0.6) is 28.7 Å². The Balaban J connectivity index is 1.52. The van der Waals surface area contributed by atoms with Gasteiger partial charge in [0.25, 0.3) is 0 Å². The number of fused-ring (bicyclic) bond motifs is 1. The zero-order valence-electron chi connectivity index (χ0n) is 22.1. The van der Waals surface area contributed by atoms with Gasteiger partial charge >= 0.3 is 0 Å². The average Bonchev–Trinajstić information content (AvgIpc) is 3.31. The van der Waals surface area contributed by atoms with Gasteiger partial charge in [-0.1, -0.05) is 30.4 Å². The summed E-state index contributed by atoms with van der Waals surface area (Å²) in [5.41, 5.74) is 3.99. The van der Waals surface area contributed by atoms with Gasteiger partial charge < -0.3 is 28.3 Å². The first-order valence-electron chi connectivity index (χ1n) is 12.3. The maximum atomic E-state index is 6.05. The molecule has 4 rings (SSSR count). The van der Waals surface area contributed by atoms with E-state index in [1.807, 2.05) is 67.6 Å². The van der Waals surface area contributed by atoms with Crippen molar-refractivity contribution >= 4 is 17.1 Å². The number of imidazole rings is 1. The third-order valence-corrected chi connectivity index (χ3v) is 6.16. The Labute approximate surface area is 218 Å². The van der Waals surface area contributed by atoms with Gasteiger partial charge in [0.1, 0.15) is 5.82 Å². The normalized spacial score (nSPS) is 11.2. The van der Waals surface area contributed by atoms with Crippen LogP contribution in [-0.4, -0.2) is 44.6 Å². The number of allylic oxidation sites excluding steroid dienone is 1. The molecule has 1 heterocycles. The number of ether oxygens (including phenoxy) is 5. The van der Waals surface area contributed by atoms with Crippen molar-refractivity contribution in [2.24, 2.45) is 0 Å². The van der Waals surface area contributed by atoms with E-state index in [0.29, 0.717) is 23.9 Å². The fourth-order valence-electron chi connectivity index (χ4n) is 4.39. The van der Waals surface area contributed by atoms with Crippen molar-refractivity contribution in [2.45, 2.75) is 26.3 Å². The molecular weight excluding hydrogens is 468 g/mol. The summed E-state index contributed by atoms with van der Waals surface area (Å²) >= 11 is 0. The first kappa shape index (κ1) is 25.9. The summed E-state index contributed by atoms with van der Waals surface area (Å²) in [6, 6.07) is 18.0. The van der Waals surface area contributed by atoms with Crippen molar-refractivity contribution in [1.29, 1.82) is 0 Å². The van der Waals surface area contributed by atoms with Crippen LogP contribution in [0.15, 0.2) is 60.7 Å². The SMILES string of the molecule is C/C=C/c1ccc(OCCCCn2c(-c3cc(OC)c(OC)c(OC)c3)nc3ccccc32)c(OC)c1. The van der Waals surface area contributed by atoms with E-state index in [1.54, 1.807) is 28.4 Å². The van der Waals surface area contributed by atoms with Gasteiger partial charge in [-0.25, -0.2) is 4.98 Å². The monoisotopic (exact) mass is 502 g/mol. The van der Waals surface area contributed by atoms with E-state index in [1.165, 1.54) is 0 Å². The number of unbranched alkanes of at least 4 members (excludes halogenated alkanes) is 1. The van der Waals surface area contributed by atoms with Crippen molar-refractivity contribution in [1.82, 2.24) is 9.55 Å². The van der Waals surface area contributed by atoms with Crippen molar-refractivity contribution in [2.75, 3.05) is 35.0 Å². The lowest BCUT2D eigenvalue weighted by atomic mass is 10.1. The van der Waals surface area contributed by atoms with Gasteiger partial charge in [0.2, 0.25) is 5.75 Å². The molecular formula is C30H34N2O5. The smallest absolute Gasteiger partial charge is 0.203 e. The number of rotatable bonds is 12. The van der Waals surface area contributed by atoms with Gasteiger partial charge in [0, 0.05) is 12.1 Å². The van der Waals surface area contributed by atoms with Gasteiger partial charge in [-0.3, -0.25) is 0 Å². The molecule has 194 valence electrons. The fraction of sp³-hybridized carbons (Fsp3) is 0.300. The van der Waals surface area contributed by atoms with Crippen LogP contribution in [-0.2, 0) is 6.54 Å². The first-order chi connectivity index (χ1) is 18.1. The molecule has 0 saturated heterocycles. The van der Waals surface area contributed by atoms with Crippen molar-refractivity contribution in [3.8, 4) is 40.1 Å². The van der Waals surface area contributed by atoms with E-state index in [2.05, 4.69) is 10.6 Å². The number of hydrogen-bond acceptors (Lipinski definition) is 6. The van der Waals surface area contributed by atoms with Crippen LogP contribution in [0.3, 0.4) is 0 Å². The minimum absolute atomic E-state index is 0.558. The van der Waals surface area contributed by atoms with E-state index in [0.717, 1.165) is 58.9 Å². The summed E-state index contributed by atoms with van der Waals surface area (Å²) in [6.45, 7) is 3.37. The lowest BCUT2D eigenvalue weighted by Crippen LogP contribution is -2.05. The van der Waals surface area contributed by atoms with Crippen molar-refractivity contribution < 1.29 is 23.7 Å². The Morgan fingerprint density at radius 1 is 0.784 bits per heavy atom. The summed E-state index contributed by atoms with van der Waals surface area (Å²) in [5.74, 6) is 4.09. The third-order valence-electron chi connectivity index (χ3n) is 6.16. The standard InChI is InChI=1S/C30H34N2O5/c1-6-11-21-14-15-25(26(18-21)33-2)37-17-10-9-16-32-24-13-8-7-12-23(24)31-30(32)22-19-27(34-3)29(36-5)28(20-22)35-4/h6-8,11-15,18-20H,9-10,16-17H2,1-5H3/b11-6+. The molecule has 0 aliphatic rings. The minimum atomic E-state index is 0.558.